The molecular formula is C14H25ClFN3O4S2. The summed E-state index contributed by atoms with van der Waals surface area (Å²) in [5.74, 6) is -1.08. The molecule has 0 aliphatic rings. The first kappa shape index (κ1) is 24.1. The minimum atomic E-state index is -3.85. The largest absolute Gasteiger partial charge is 0.315 e. The van der Waals surface area contributed by atoms with Gasteiger partial charge in [-0.1, -0.05) is 13.8 Å². The van der Waals surface area contributed by atoms with Gasteiger partial charge in [-0.2, -0.15) is 0 Å². The second kappa shape index (κ2) is 10.9. The maximum absolute atomic E-state index is 14.0. The summed E-state index contributed by atoms with van der Waals surface area (Å²) in [6.07, 6.45) is 1.33. The third kappa shape index (κ3) is 8.32. The number of benzene rings is 1. The summed E-state index contributed by atoms with van der Waals surface area (Å²) in [4.78, 5) is -0.256. The molecule has 0 aliphatic carbocycles. The van der Waals surface area contributed by atoms with Gasteiger partial charge in [-0.15, -0.1) is 12.4 Å². The molecule has 1 aromatic carbocycles. The topological polar surface area (TPSA) is 104 Å². The summed E-state index contributed by atoms with van der Waals surface area (Å²) in [6.45, 7) is 5.10. The van der Waals surface area contributed by atoms with Crippen molar-refractivity contribution in [3.63, 3.8) is 0 Å². The van der Waals surface area contributed by atoms with Crippen molar-refractivity contribution in [2.75, 3.05) is 30.1 Å². The van der Waals surface area contributed by atoms with Gasteiger partial charge in [-0.25, -0.2) is 25.9 Å². The van der Waals surface area contributed by atoms with Crippen LogP contribution in [0.25, 0.3) is 0 Å². The highest BCUT2D eigenvalue weighted by Crippen LogP contribution is 2.20. The molecule has 7 nitrogen and oxygen atoms in total. The zero-order valence-corrected chi connectivity index (χ0v) is 16.7. The van der Waals surface area contributed by atoms with E-state index >= 15 is 0 Å². The lowest BCUT2D eigenvalue weighted by molar-refractivity contribution is 0.572. The lowest BCUT2D eigenvalue weighted by Gasteiger charge is -2.11. The zero-order valence-electron chi connectivity index (χ0n) is 14.2. The van der Waals surface area contributed by atoms with Crippen molar-refractivity contribution >= 4 is 38.1 Å². The van der Waals surface area contributed by atoms with E-state index in [9.17, 15) is 21.2 Å². The Morgan fingerprint density at radius 1 is 1.00 bits per heavy atom. The normalized spacial score (nSPS) is 11.8. The van der Waals surface area contributed by atoms with Crippen molar-refractivity contribution in [2.24, 2.45) is 0 Å². The molecule has 0 heterocycles. The molecule has 146 valence electrons. The summed E-state index contributed by atoms with van der Waals surface area (Å²) in [5.41, 5.74) is -0.271. The van der Waals surface area contributed by atoms with E-state index in [1.165, 1.54) is 0 Å². The van der Waals surface area contributed by atoms with E-state index in [0.717, 1.165) is 31.2 Å². The summed E-state index contributed by atoms with van der Waals surface area (Å²) in [7, 11) is -7.49. The van der Waals surface area contributed by atoms with Crippen molar-refractivity contribution in [3.05, 3.63) is 24.0 Å². The lowest BCUT2D eigenvalue weighted by atomic mass is 10.3. The fraction of sp³-hybridized carbons (Fsp3) is 0.571. The third-order valence-corrected chi connectivity index (χ3v) is 5.95. The molecule has 0 fully saturated rings. The Morgan fingerprint density at radius 3 is 2.24 bits per heavy atom. The smallest absolute Gasteiger partial charge is 0.240 e. The monoisotopic (exact) mass is 417 g/mol. The molecule has 1 aromatic rings. The Kier molecular flexibility index (Phi) is 10.5. The van der Waals surface area contributed by atoms with Gasteiger partial charge in [0, 0.05) is 13.1 Å². The molecule has 25 heavy (non-hydrogen) atoms. The SMILES string of the molecule is CCCNCCNS(=O)(=O)c1ccc(NS(=O)(=O)CCC)c(F)c1.Cl. The van der Waals surface area contributed by atoms with Crippen LogP contribution in [0.5, 0.6) is 0 Å². The molecule has 0 atom stereocenters. The summed E-state index contributed by atoms with van der Waals surface area (Å²) in [5, 5.41) is 3.04. The number of sulfonamides is 2. The van der Waals surface area contributed by atoms with Crippen molar-refractivity contribution < 1.29 is 21.2 Å². The highest BCUT2D eigenvalue weighted by atomic mass is 35.5. The highest BCUT2D eigenvalue weighted by Gasteiger charge is 2.18. The van der Waals surface area contributed by atoms with E-state index in [4.69, 9.17) is 0 Å². The van der Waals surface area contributed by atoms with Gasteiger partial charge < -0.3 is 5.32 Å². The van der Waals surface area contributed by atoms with E-state index in [1.54, 1.807) is 6.92 Å². The average molecular weight is 418 g/mol. The van der Waals surface area contributed by atoms with Gasteiger partial charge in [-0.3, -0.25) is 4.72 Å². The van der Waals surface area contributed by atoms with Crippen molar-refractivity contribution in [2.45, 2.75) is 31.6 Å². The van der Waals surface area contributed by atoms with Crippen LogP contribution in [0.15, 0.2) is 23.1 Å². The van der Waals surface area contributed by atoms with E-state index in [-0.39, 0.29) is 35.3 Å². The molecule has 1 rings (SSSR count). The number of hydrogen-bond acceptors (Lipinski definition) is 5. The predicted octanol–water partition coefficient (Wildman–Crippen LogP) is 1.68. The van der Waals surface area contributed by atoms with Crippen LogP contribution < -0.4 is 14.8 Å². The molecule has 0 aliphatic heterocycles. The van der Waals surface area contributed by atoms with E-state index in [1.807, 2.05) is 6.92 Å². The van der Waals surface area contributed by atoms with E-state index in [0.29, 0.717) is 13.0 Å². The summed E-state index contributed by atoms with van der Waals surface area (Å²) < 4.78 is 65.9. The van der Waals surface area contributed by atoms with Crippen LogP contribution in [0.4, 0.5) is 10.1 Å². The van der Waals surface area contributed by atoms with Crippen LogP contribution >= 0.6 is 12.4 Å². The predicted molar refractivity (Wildman–Crippen MR) is 99.7 cm³/mol. The third-order valence-electron chi connectivity index (χ3n) is 3.01. The van der Waals surface area contributed by atoms with Gasteiger partial charge in [0.2, 0.25) is 20.0 Å². The van der Waals surface area contributed by atoms with Gasteiger partial charge in [-0.05, 0) is 37.6 Å². The zero-order chi connectivity index (χ0) is 18.2. The van der Waals surface area contributed by atoms with Crippen LogP contribution in [0.2, 0.25) is 0 Å². The van der Waals surface area contributed by atoms with Crippen molar-refractivity contribution in [1.29, 1.82) is 0 Å². The minimum absolute atomic E-state index is 0. The second-order valence-corrected chi connectivity index (χ2v) is 8.82. The molecule has 11 heteroatoms. The number of rotatable bonds is 11. The molecular weight excluding hydrogens is 393 g/mol. The number of anilines is 1. The highest BCUT2D eigenvalue weighted by molar-refractivity contribution is 7.92. The Hall–Kier alpha value is -0.940. The summed E-state index contributed by atoms with van der Waals surface area (Å²) >= 11 is 0. The fourth-order valence-corrected chi connectivity index (χ4v) is 4.08. The maximum Gasteiger partial charge on any atom is 0.240 e. The van der Waals surface area contributed by atoms with Crippen LogP contribution in [0.3, 0.4) is 0 Å². The Balaban J connectivity index is 0.00000576. The molecule has 0 bridgehead atoms. The van der Waals surface area contributed by atoms with Gasteiger partial charge in [0.05, 0.1) is 16.3 Å². The Labute approximate surface area is 155 Å². The molecule has 0 saturated carbocycles. The minimum Gasteiger partial charge on any atom is -0.315 e. The fourth-order valence-electron chi connectivity index (χ4n) is 1.89. The van der Waals surface area contributed by atoms with Crippen molar-refractivity contribution in [3.8, 4) is 0 Å². The van der Waals surface area contributed by atoms with Crippen LogP contribution in [-0.4, -0.2) is 42.2 Å². The molecule has 0 radical (unpaired) electrons. The average Bonchev–Trinajstić information content (AvgIpc) is 2.48. The standard InChI is InChI=1S/C14H24FN3O4S2.ClH/c1-3-7-16-8-9-17-24(21,22)12-5-6-14(13(15)11-12)18-23(19,20)10-4-2;/h5-6,11,16-18H,3-4,7-10H2,1-2H3;1H. The Morgan fingerprint density at radius 2 is 1.68 bits per heavy atom. The first-order chi connectivity index (χ1) is 11.2. The van der Waals surface area contributed by atoms with Gasteiger partial charge in [0.15, 0.2) is 0 Å². The molecule has 0 spiro atoms. The van der Waals surface area contributed by atoms with Crippen LogP contribution in [0, 0.1) is 5.82 Å². The summed E-state index contributed by atoms with van der Waals surface area (Å²) in [6, 6.07) is 3.06. The Bertz CT molecular complexity index is 742. The second-order valence-electron chi connectivity index (χ2n) is 5.21. The van der Waals surface area contributed by atoms with Gasteiger partial charge in [0.25, 0.3) is 0 Å². The number of nitrogens with one attached hydrogen (secondary N) is 3. The molecule has 0 unspecified atom stereocenters. The van der Waals surface area contributed by atoms with Crippen LogP contribution in [0.1, 0.15) is 26.7 Å². The lowest BCUT2D eigenvalue weighted by Crippen LogP contribution is -2.32. The molecule has 3 N–H and O–H groups in total. The van der Waals surface area contributed by atoms with Gasteiger partial charge >= 0.3 is 0 Å². The first-order valence-electron chi connectivity index (χ1n) is 7.72. The van der Waals surface area contributed by atoms with Crippen molar-refractivity contribution in [1.82, 2.24) is 10.0 Å². The van der Waals surface area contributed by atoms with E-state index in [2.05, 4.69) is 14.8 Å². The number of halogens is 2. The molecule has 0 amide bonds. The quantitative estimate of drug-likeness (QED) is 0.475. The first-order valence-corrected chi connectivity index (χ1v) is 10.9. The van der Waals surface area contributed by atoms with Gasteiger partial charge in [0.1, 0.15) is 5.82 Å². The van der Waals surface area contributed by atoms with Crippen LogP contribution in [-0.2, 0) is 20.0 Å². The maximum atomic E-state index is 14.0. The molecule has 0 aromatic heterocycles. The molecule has 0 saturated heterocycles. The van der Waals surface area contributed by atoms with E-state index < -0.39 is 25.9 Å². The number of hydrogen-bond donors (Lipinski definition) is 3.